The number of hydrogen-bond donors (Lipinski definition) is 2. The van der Waals surface area contributed by atoms with E-state index >= 15 is 0 Å². The van der Waals surface area contributed by atoms with Crippen LogP contribution in [0.5, 0.6) is 0 Å². The van der Waals surface area contributed by atoms with Gasteiger partial charge in [-0.1, -0.05) is 23.2 Å². The fourth-order valence-corrected chi connectivity index (χ4v) is 3.09. The molecule has 6 heteroatoms. The van der Waals surface area contributed by atoms with Crippen molar-refractivity contribution in [1.82, 2.24) is 15.2 Å². The predicted octanol–water partition coefficient (Wildman–Crippen LogP) is 1.76. The van der Waals surface area contributed by atoms with Crippen molar-refractivity contribution in [3.63, 3.8) is 0 Å². The van der Waals surface area contributed by atoms with Crippen molar-refractivity contribution in [1.29, 1.82) is 0 Å². The van der Waals surface area contributed by atoms with E-state index in [0.717, 1.165) is 26.1 Å². The van der Waals surface area contributed by atoms with Gasteiger partial charge >= 0.3 is 0 Å². The summed E-state index contributed by atoms with van der Waals surface area (Å²) >= 11 is 11.7. The van der Waals surface area contributed by atoms with Crippen LogP contribution in [0.2, 0.25) is 10.2 Å². The summed E-state index contributed by atoms with van der Waals surface area (Å²) in [5.41, 5.74) is 0.479. The third-order valence-corrected chi connectivity index (χ3v) is 4.35. The number of carbonyl (C=O) groups excluding carboxylic acids is 1. The van der Waals surface area contributed by atoms with Crippen LogP contribution < -0.4 is 5.32 Å². The molecule has 2 aliphatic heterocycles. The van der Waals surface area contributed by atoms with Crippen LogP contribution in [0.4, 0.5) is 0 Å². The van der Waals surface area contributed by atoms with Crippen molar-refractivity contribution in [2.24, 2.45) is 5.92 Å². The average Bonchev–Trinajstić information content (AvgIpc) is 2.94. The summed E-state index contributed by atoms with van der Waals surface area (Å²) < 4.78 is 0. The van der Waals surface area contributed by atoms with E-state index in [1.165, 1.54) is 0 Å². The maximum atomic E-state index is 12.3. The van der Waals surface area contributed by atoms with Crippen LogP contribution in [0, 0.1) is 5.92 Å². The zero-order valence-electron chi connectivity index (χ0n) is 9.17. The van der Waals surface area contributed by atoms with Crippen LogP contribution >= 0.6 is 23.2 Å². The highest BCUT2D eigenvalue weighted by Crippen LogP contribution is 2.30. The number of fused-ring (bicyclic) bond motifs is 1. The molecular weight excluding hydrogens is 261 g/mol. The quantitative estimate of drug-likeness (QED) is 0.819. The number of nitrogens with zero attached hydrogens (tertiary/aromatic N) is 1. The molecule has 0 spiro atoms. The fourth-order valence-electron chi connectivity index (χ4n) is 2.78. The lowest BCUT2D eigenvalue weighted by molar-refractivity contribution is 0.0732. The minimum atomic E-state index is -0.00463. The fraction of sp³-hybridized carbons (Fsp3) is 0.545. The Labute approximate surface area is 109 Å². The summed E-state index contributed by atoms with van der Waals surface area (Å²) in [6, 6.07) is 1.92. The van der Waals surface area contributed by atoms with E-state index in [0.29, 0.717) is 27.8 Å². The number of hydrogen-bond acceptors (Lipinski definition) is 2. The standard InChI is InChI=1S/C11H13Cl2N3O/c12-7-3-8(15-10(7)13)11(17)16-2-1-6-4-14-5-9(6)16/h3,6,9,14-15H,1-2,4-5H2/t6-,9+/m1/s1. The van der Waals surface area contributed by atoms with Gasteiger partial charge in [0, 0.05) is 25.7 Å². The topological polar surface area (TPSA) is 48.1 Å². The zero-order valence-corrected chi connectivity index (χ0v) is 10.7. The monoisotopic (exact) mass is 273 g/mol. The summed E-state index contributed by atoms with van der Waals surface area (Å²) in [6.07, 6.45) is 1.07. The van der Waals surface area contributed by atoms with Gasteiger partial charge in [0.2, 0.25) is 0 Å². The zero-order chi connectivity index (χ0) is 12.0. The summed E-state index contributed by atoms with van der Waals surface area (Å²) in [6.45, 7) is 2.73. The van der Waals surface area contributed by atoms with Gasteiger partial charge in [-0.05, 0) is 18.4 Å². The molecule has 0 bridgehead atoms. The molecule has 0 unspecified atom stereocenters. The van der Waals surface area contributed by atoms with Crippen molar-refractivity contribution < 1.29 is 4.79 Å². The van der Waals surface area contributed by atoms with Crippen LogP contribution in [0.3, 0.4) is 0 Å². The Hall–Kier alpha value is -0.710. The Balaban J connectivity index is 1.82. The van der Waals surface area contributed by atoms with Crippen LogP contribution in [0.25, 0.3) is 0 Å². The average molecular weight is 274 g/mol. The highest BCUT2D eigenvalue weighted by molar-refractivity contribution is 6.41. The van der Waals surface area contributed by atoms with E-state index in [4.69, 9.17) is 23.2 Å². The van der Waals surface area contributed by atoms with Crippen LogP contribution in [0.15, 0.2) is 6.07 Å². The Bertz CT molecular complexity index is 440. The second-order valence-electron chi connectivity index (χ2n) is 4.62. The minimum absolute atomic E-state index is 0.00463. The maximum Gasteiger partial charge on any atom is 0.270 e. The van der Waals surface area contributed by atoms with Gasteiger partial charge in [0.15, 0.2) is 0 Å². The van der Waals surface area contributed by atoms with Gasteiger partial charge < -0.3 is 15.2 Å². The molecule has 2 aliphatic rings. The highest BCUT2D eigenvalue weighted by atomic mass is 35.5. The number of aromatic nitrogens is 1. The first kappa shape index (κ1) is 11.4. The summed E-state index contributed by atoms with van der Waals surface area (Å²) in [7, 11) is 0. The number of aromatic amines is 1. The summed E-state index contributed by atoms with van der Waals surface area (Å²) in [5, 5.41) is 4.05. The highest BCUT2D eigenvalue weighted by Gasteiger charge is 2.40. The van der Waals surface area contributed by atoms with Gasteiger partial charge in [-0.15, -0.1) is 0 Å². The van der Waals surface area contributed by atoms with Gasteiger partial charge in [-0.2, -0.15) is 0 Å². The molecule has 1 aromatic heterocycles. The first-order valence-corrected chi connectivity index (χ1v) is 6.48. The molecule has 0 saturated carbocycles. The SMILES string of the molecule is O=C(c1cc(Cl)c(Cl)[nH]1)N1CC[C@@H]2CNC[C@@H]21. The van der Waals surface area contributed by atoms with Gasteiger partial charge in [-0.3, -0.25) is 4.79 Å². The number of nitrogens with one attached hydrogen (secondary N) is 2. The van der Waals surface area contributed by atoms with Crippen LogP contribution in [0.1, 0.15) is 16.9 Å². The smallest absolute Gasteiger partial charge is 0.270 e. The third-order valence-electron chi connectivity index (χ3n) is 3.66. The van der Waals surface area contributed by atoms with Gasteiger partial charge in [0.05, 0.1) is 5.02 Å². The summed E-state index contributed by atoms with van der Waals surface area (Å²) in [5.74, 6) is 0.592. The van der Waals surface area contributed by atoms with Gasteiger partial charge in [0.25, 0.3) is 5.91 Å². The lowest BCUT2D eigenvalue weighted by Gasteiger charge is -2.22. The maximum absolute atomic E-state index is 12.3. The number of carbonyl (C=O) groups is 1. The van der Waals surface area contributed by atoms with E-state index < -0.39 is 0 Å². The van der Waals surface area contributed by atoms with Gasteiger partial charge in [-0.25, -0.2) is 0 Å². The molecule has 0 aromatic carbocycles. The molecule has 0 aliphatic carbocycles. The van der Waals surface area contributed by atoms with E-state index in [-0.39, 0.29) is 5.91 Å². The normalized spacial score (nSPS) is 27.5. The van der Waals surface area contributed by atoms with E-state index in [2.05, 4.69) is 10.3 Å². The lowest BCUT2D eigenvalue weighted by atomic mass is 10.1. The molecule has 2 saturated heterocycles. The summed E-state index contributed by atoms with van der Waals surface area (Å²) in [4.78, 5) is 17.0. The molecular formula is C11H13Cl2N3O. The minimum Gasteiger partial charge on any atom is -0.340 e. The van der Waals surface area contributed by atoms with Crippen molar-refractivity contribution in [2.45, 2.75) is 12.5 Å². The second-order valence-corrected chi connectivity index (χ2v) is 5.40. The number of halogens is 2. The number of amides is 1. The van der Waals surface area contributed by atoms with E-state index in [1.54, 1.807) is 6.07 Å². The molecule has 1 amide bonds. The first-order valence-electron chi connectivity index (χ1n) is 5.72. The van der Waals surface area contributed by atoms with E-state index in [1.807, 2.05) is 4.90 Å². The number of rotatable bonds is 1. The van der Waals surface area contributed by atoms with Crippen molar-refractivity contribution in [3.05, 3.63) is 21.9 Å². The molecule has 1 aromatic rings. The predicted molar refractivity (Wildman–Crippen MR) is 66.6 cm³/mol. The molecule has 92 valence electrons. The third kappa shape index (κ3) is 1.84. The molecule has 17 heavy (non-hydrogen) atoms. The van der Waals surface area contributed by atoms with Gasteiger partial charge in [0.1, 0.15) is 10.8 Å². The molecule has 2 fully saturated rings. The number of H-pyrrole nitrogens is 1. The molecule has 2 atom stereocenters. The molecule has 0 radical (unpaired) electrons. The molecule has 4 nitrogen and oxygen atoms in total. The second kappa shape index (κ2) is 4.19. The molecule has 3 heterocycles. The Kier molecular flexibility index (Phi) is 2.81. The van der Waals surface area contributed by atoms with E-state index in [9.17, 15) is 4.79 Å². The number of likely N-dealkylation sites (tertiary alicyclic amines) is 1. The van der Waals surface area contributed by atoms with Crippen molar-refractivity contribution in [2.75, 3.05) is 19.6 Å². The molecule has 2 N–H and O–H groups in total. The Morgan fingerprint density at radius 2 is 2.24 bits per heavy atom. The largest absolute Gasteiger partial charge is 0.340 e. The Morgan fingerprint density at radius 1 is 1.41 bits per heavy atom. The lowest BCUT2D eigenvalue weighted by Crippen LogP contribution is -2.39. The Morgan fingerprint density at radius 3 is 2.94 bits per heavy atom. The molecule has 3 rings (SSSR count). The van der Waals surface area contributed by atoms with Crippen LogP contribution in [-0.4, -0.2) is 41.5 Å². The van der Waals surface area contributed by atoms with Crippen LogP contribution in [-0.2, 0) is 0 Å². The van der Waals surface area contributed by atoms with Crippen molar-refractivity contribution in [3.8, 4) is 0 Å². The van der Waals surface area contributed by atoms with Crippen molar-refractivity contribution >= 4 is 29.1 Å². The first-order chi connectivity index (χ1) is 8.16.